The first kappa shape index (κ1) is 17.0. The van der Waals surface area contributed by atoms with Crippen molar-refractivity contribution in [1.29, 1.82) is 0 Å². The minimum Gasteiger partial charge on any atom is -0.358 e. The first-order chi connectivity index (χ1) is 9.54. The van der Waals surface area contributed by atoms with Crippen molar-refractivity contribution >= 4 is 17.4 Å². The van der Waals surface area contributed by atoms with Gasteiger partial charge in [-0.2, -0.15) is 0 Å². The molecular formula is C16H26ClN3. The Hall–Kier alpha value is -1.06. The van der Waals surface area contributed by atoms with Crippen LogP contribution in [0.25, 0.3) is 0 Å². The van der Waals surface area contributed by atoms with Crippen LogP contribution in [0.5, 0.6) is 0 Å². The van der Waals surface area contributed by atoms with E-state index in [0.29, 0.717) is 5.92 Å². The van der Waals surface area contributed by atoms with Crippen molar-refractivity contribution in [2.24, 2.45) is 5.92 Å². The van der Waals surface area contributed by atoms with Crippen LogP contribution in [-0.2, 0) is 6.54 Å². The van der Waals surface area contributed by atoms with Gasteiger partial charge in [0.05, 0.1) is 5.02 Å². The fraction of sp³-hybridized carbons (Fsp3) is 0.562. The molecule has 20 heavy (non-hydrogen) atoms. The molecule has 1 heterocycles. The standard InChI is InChI=1S/C16H26ClN3/c1-5-6-7-8-20(4)16-15(17)9-14(12-19-16)11-18-10-13(2)3/h5,9,12-13,18H,1,6-8,10-11H2,2-4H3. The molecule has 0 aliphatic rings. The molecule has 0 atom stereocenters. The van der Waals surface area contributed by atoms with Crippen LogP contribution in [0, 0.1) is 5.92 Å². The Kier molecular flexibility index (Phi) is 7.63. The highest BCUT2D eigenvalue weighted by Crippen LogP contribution is 2.23. The van der Waals surface area contributed by atoms with Crippen molar-refractivity contribution in [3.05, 3.63) is 35.5 Å². The van der Waals surface area contributed by atoms with Crippen LogP contribution in [0.1, 0.15) is 32.3 Å². The van der Waals surface area contributed by atoms with Gasteiger partial charge in [-0.05, 0) is 36.9 Å². The molecule has 1 N–H and O–H groups in total. The number of unbranched alkanes of at least 4 members (excludes halogenated alkanes) is 1. The molecule has 0 amide bonds. The molecule has 0 fully saturated rings. The number of halogens is 1. The first-order valence-corrected chi connectivity index (χ1v) is 7.59. The smallest absolute Gasteiger partial charge is 0.147 e. The van der Waals surface area contributed by atoms with E-state index in [2.05, 4.69) is 35.6 Å². The zero-order chi connectivity index (χ0) is 15.0. The van der Waals surface area contributed by atoms with Gasteiger partial charge in [0.25, 0.3) is 0 Å². The average Bonchev–Trinajstić information content (AvgIpc) is 2.38. The first-order valence-electron chi connectivity index (χ1n) is 7.21. The molecule has 0 unspecified atom stereocenters. The second-order valence-electron chi connectivity index (χ2n) is 5.53. The molecule has 0 saturated heterocycles. The third kappa shape index (κ3) is 5.93. The van der Waals surface area contributed by atoms with Gasteiger partial charge in [0.15, 0.2) is 0 Å². The van der Waals surface area contributed by atoms with Gasteiger partial charge in [-0.1, -0.05) is 31.5 Å². The van der Waals surface area contributed by atoms with Crippen LogP contribution in [-0.4, -0.2) is 25.1 Å². The van der Waals surface area contributed by atoms with E-state index in [0.717, 1.165) is 48.9 Å². The molecule has 0 aliphatic carbocycles. The van der Waals surface area contributed by atoms with Crippen LogP contribution in [0.3, 0.4) is 0 Å². The Bertz CT molecular complexity index is 418. The van der Waals surface area contributed by atoms with E-state index in [-0.39, 0.29) is 0 Å². The monoisotopic (exact) mass is 295 g/mol. The van der Waals surface area contributed by atoms with E-state index in [1.807, 2.05) is 25.4 Å². The topological polar surface area (TPSA) is 28.2 Å². The Balaban J connectivity index is 2.56. The zero-order valence-corrected chi connectivity index (χ0v) is 13.6. The summed E-state index contributed by atoms with van der Waals surface area (Å²) < 4.78 is 0. The van der Waals surface area contributed by atoms with E-state index >= 15 is 0 Å². The summed E-state index contributed by atoms with van der Waals surface area (Å²) >= 11 is 6.33. The lowest BCUT2D eigenvalue weighted by atomic mass is 10.2. The fourth-order valence-corrected chi connectivity index (χ4v) is 2.26. The molecule has 0 aliphatic heterocycles. The summed E-state index contributed by atoms with van der Waals surface area (Å²) in [7, 11) is 2.02. The molecule has 0 spiro atoms. The molecule has 1 rings (SSSR count). The molecule has 0 bridgehead atoms. The lowest BCUT2D eigenvalue weighted by molar-refractivity contribution is 0.552. The normalized spacial score (nSPS) is 10.8. The maximum absolute atomic E-state index is 6.33. The molecule has 112 valence electrons. The molecule has 1 aromatic heterocycles. The second kappa shape index (κ2) is 8.98. The zero-order valence-electron chi connectivity index (χ0n) is 12.8. The lowest BCUT2D eigenvalue weighted by Crippen LogP contribution is -2.21. The predicted molar refractivity (Wildman–Crippen MR) is 88.5 cm³/mol. The Morgan fingerprint density at radius 1 is 1.50 bits per heavy atom. The molecule has 0 radical (unpaired) electrons. The minimum absolute atomic E-state index is 0.647. The highest BCUT2D eigenvalue weighted by Gasteiger charge is 2.08. The second-order valence-corrected chi connectivity index (χ2v) is 5.93. The minimum atomic E-state index is 0.647. The average molecular weight is 296 g/mol. The summed E-state index contributed by atoms with van der Waals surface area (Å²) in [6, 6.07) is 2.00. The van der Waals surface area contributed by atoms with E-state index in [4.69, 9.17) is 11.6 Å². The van der Waals surface area contributed by atoms with Gasteiger partial charge in [0.2, 0.25) is 0 Å². The van der Waals surface area contributed by atoms with Gasteiger partial charge < -0.3 is 10.2 Å². The van der Waals surface area contributed by atoms with E-state index in [1.165, 1.54) is 0 Å². The molecule has 1 aromatic rings. The van der Waals surface area contributed by atoms with Gasteiger partial charge in [-0.3, -0.25) is 0 Å². The number of hydrogen-bond acceptors (Lipinski definition) is 3. The van der Waals surface area contributed by atoms with Crippen molar-refractivity contribution in [2.45, 2.75) is 33.2 Å². The molecule has 3 nitrogen and oxygen atoms in total. The van der Waals surface area contributed by atoms with Crippen LogP contribution in [0.15, 0.2) is 24.9 Å². The summed E-state index contributed by atoms with van der Waals surface area (Å²) in [5, 5.41) is 4.11. The van der Waals surface area contributed by atoms with Crippen LogP contribution < -0.4 is 10.2 Å². The summed E-state index contributed by atoms with van der Waals surface area (Å²) in [5.74, 6) is 1.50. The van der Waals surface area contributed by atoms with E-state index < -0.39 is 0 Å². The van der Waals surface area contributed by atoms with Gasteiger partial charge >= 0.3 is 0 Å². The van der Waals surface area contributed by atoms with Crippen LogP contribution in [0.2, 0.25) is 5.02 Å². The maximum atomic E-state index is 6.33. The third-order valence-electron chi connectivity index (χ3n) is 3.02. The van der Waals surface area contributed by atoms with Crippen molar-refractivity contribution in [1.82, 2.24) is 10.3 Å². The number of rotatable bonds is 9. The largest absolute Gasteiger partial charge is 0.358 e. The highest BCUT2D eigenvalue weighted by molar-refractivity contribution is 6.33. The maximum Gasteiger partial charge on any atom is 0.147 e. The van der Waals surface area contributed by atoms with Gasteiger partial charge in [-0.15, -0.1) is 6.58 Å². The summed E-state index contributed by atoms with van der Waals surface area (Å²) in [6.07, 6.45) is 5.92. The molecular weight excluding hydrogens is 270 g/mol. The van der Waals surface area contributed by atoms with Crippen LogP contribution >= 0.6 is 11.6 Å². The number of aromatic nitrogens is 1. The highest BCUT2D eigenvalue weighted by atomic mass is 35.5. The number of pyridine rings is 1. The Labute approximate surface area is 128 Å². The molecule has 4 heteroatoms. The number of hydrogen-bond donors (Lipinski definition) is 1. The van der Waals surface area contributed by atoms with Crippen molar-refractivity contribution < 1.29 is 0 Å². The fourth-order valence-electron chi connectivity index (χ4n) is 1.93. The van der Waals surface area contributed by atoms with Gasteiger partial charge in [0, 0.05) is 26.3 Å². The summed E-state index contributed by atoms with van der Waals surface area (Å²) in [6.45, 7) is 10.9. The Morgan fingerprint density at radius 2 is 2.25 bits per heavy atom. The number of nitrogens with zero attached hydrogens (tertiary/aromatic N) is 2. The number of anilines is 1. The number of allylic oxidation sites excluding steroid dienone is 1. The molecule has 0 aromatic carbocycles. The third-order valence-corrected chi connectivity index (χ3v) is 3.30. The molecule has 0 saturated carbocycles. The quantitative estimate of drug-likeness (QED) is 0.553. The van der Waals surface area contributed by atoms with E-state index in [1.54, 1.807) is 0 Å². The predicted octanol–water partition coefficient (Wildman–Crippen LogP) is 3.88. The number of nitrogens with one attached hydrogen (secondary N) is 1. The Morgan fingerprint density at radius 3 is 2.85 bits per heavy atom. The van der Waals surface area contributed by atoms with Crippen LogP contribution in [0.4, 0.5) is 5.82 Å². The van der Waals surface area contributed by atoms with Crippen molar-refractivity contribution in [3.63, 3.8) is 0 Å². The van der Waals surface area contributed by atoms with Gasteiger partial charge in [0.1, 0.15) is 5.82 Å². The van der Waals surface area contributed by atoms with Crippen molar-refractivity contribution in [3.8, 4) is 0 Å². The summed E-state index contributed by atoms with van der Waals surface area (Å²) in [5.41, 5.74) is 1.12. The van der Waals surface area contributed by atoms with Crippen molar-refractivity contribution in [2.75, 3.05) is 25.0 Å². The summed E-state index contributed by atoms with van der Waals surface area (Å²) in [4.78, 5) is 6.58. The van der Waals surface area contributed by atoms with E-state index in [9.17, 15) is 0 Å². The lowest BCUT2D eigenvalue weighted by Gasteiger charge is -2.19. The SMILES string of the molecule is C=CCCCN(C)c1ncc(CNCC(C)C)cc1Cl. The van der Waals surface area contributed by atoms with Gasteiger partial charge in [-0.25, -0.2) is 4.98 Å².